The highest BCUT2D eigenvalue weighted by Crippen LogP contribution is 2.33. The van der Waals surface area contributed by atoms with Gasteiger partial charge in [0.25, 0.3) is 5.69 Å². The predicted molar refractivity (Wildman–Crippen MR) is 104 cm³/mol. The van der Waals surface area contributed by atoms with E-state index >= 15 is 0 Å². The molecule has 0 fully saturated rings. The van der Waals surface area contributed by atoms with Crippen molar-refractivity contribution in [1.29, 1.82) is 0 Å². The molecule has 2 aromatic carbocycles. The summed E-state index contributed by atoms with van der Waals surface area (Å²) in [4.78, 5) is 34.9. The summed E-state index contributed by atoms with van der Waals surface area (Å²) in [5.41, 5.74) is 2.26. The van der Waals surface area contributed by atoms with E-state index in [2.05, 4.69) is 10.5 Å². The Balaban J connectivity index is 1.55. The van der Waals surface area contributed by atoms with Crippen LogP contribution in [0.1, 0.15) is 26.5 Å². The summed E-state index contributed by atoms with van der Waals surface area (Å²) >= 11 is 0. The number of esters is 1. The number of non-ortho nitro benzene ring substituents is 1. The normalized spacial score (nSPS) is 12.0. The highest BCUT2D eigenvalue weighted by molar-refractivity contribution is 5.95. The van der Waals surface area contributed by atoms with E-state index in [1.807, 2.05) is 0 Å². The minimum Gasteiger partial charge on any atom is -0.459 e. The maximum Gasteiger partial charge on any atom is 0.343 e. The molecule has 4 rings (SSSR count). The number of furan rings is 1. The van der Waals surface area contributed by atoms with Crippen LogP contribution in [-0.2, 0) is 0 Å². The van der Waals surface area contributed by atoms with E-state index in [0.717, 1.165) is 12.3 Å². The van der Waals surface area contributed by atoms with Gasteiger partial charge in [0.2, 0.25) is 6.79 Å². The van der Waals surface area contributed by atoms with E-state index < -0.39 is 16.8 Å². The molecule has 156 valence electrons. The summed E-state index contributed by atoms with van der Waals surface area (Å²) < 4.78 is 20.8. The van der Waals surface area contributed by atoms with Crippen molar-refractivity contribution < 1.29 is 33.1 Å². The van der Waals surface area contributed by atoms with Crippen LogP contribution < -0.4 is 19.6 Å². The second-order valence-corrected chi connectivity index (χ2v) is 6.11. The molecule has 0 spiro atoms. The molecular weight excluding hydrogens is 410 g/mol. The number of nitro benzene ring substituents is 1. The molecular formula is C20H13N3O8. The number of fused-ring (bicyclic) bond motifs is 1. The lowest BCUT2D eigenvalue weighted by Gasteiger charge is -2.08. The second kappa shape index (κ2) is 8.37. The number of nitrogens with zero attached hydrogens (tertiary/aromatic N) is 2. The Hall–Kier alpha value is -4.67. The Morgan fingerprint density at radius 2 is 1.97 bits per heavy atom. The molecule has 1 aliphatic rings. The highest BCUT2D eigenvalue weighted by atomic mass is 16.7. The van der Waals surface area contributed by atoms with Crippen molar-refractivity contribution in [2.45, 2.75) is 0 Å². The van der Waals surface area contributed by atoms with Crippen LogP contribution in [0.5, 0.6) is 17.2 Å². The molecule has 11 heteroatoms. The molecule has 0 saturated heterocycles. The minimum atomic E-state index is -0.721. The standard InChI is InChI=1S/C20H13N3O8/c24-19(17-2-1-7-28-17)22-21-10-13-8-14(23(26)27)4-6-15(13)31-20(25)12-3-5-16-18(9-12)30-11-29-16/h1-10H,11H2,(H,22,24). The Morgan fingerprint density at radius 1 is 1.13 bits per heavy atom. The van der Waals surface area contributed by atoms with Gasteiger partial charge in [-0.3, -0.25) is 14.9 Å². The summed E-state index contributed by atoms with van der Waals surface area (Å²) in [6.07, 6.45) is 2.45. The van der Waals surface area contributed by atoms with Gasteiger partial charge in [-0.2, -0.15) is 5.10 Å². The van der Waals surface area contributed by atoms with Crippen molar-refractivity contribution in [1.82, 2.24) is 5.43 Å². The monoisotopic (exact) mass is 423 g/mol. The molecule has 3 aromatic rings. The van der Waals surface area contributed by atoms with Crippen LogP contribution in [0.4, 0.5) is 5.69 Å². The van der Waals surface area contributed by atoms with Gasteiger partial charge < -0.3 is 18.6 Å². The molecule has 0 unspecified atom stereocenters. The van der Waals surface area contributed by atoms with E-state index in [4.69, 9.17) is 18.6 Å². The predicted octanol–water partition coefficient (Wildman–Crippen LogP) is 2.90. The largest absolute Gasteiger partial charge is 0.459 e. The summed E-state index contributed by atoms with van der Waals surface area (Å²) in [6, 6.07) is 11.1. The van der Waals surface area contributed by atoms with Crippen molar-refractivity contribution in [3.63, 3.8) is 0 Å². The van der Waals surface area contributed by atoms with Gasteiger partial charge >= 0.3 is 11.9 Å². The van der Waals surface area contributed by atoms with Crippen molar-refractivity contribution in [3.8, 4) is 17.2 Å². The molecule has 0 bridgehead atoms. The van der Waals surface area contributed by atoms with Crippen LogP contribution in [0.25, 0.3) is 0 Å². The lowest BCUT2D eigenvalue weighted by Crippen LogP contribution is -2.17. The van der Waals surface area contributed by atoms with Crippen molar-refractivity contribution in [2.24, 2.45) is 5.10 Å². The van der Waals surface area contributed by atoms with E-state index in [9.17, 15) is 19.7 Å². The molecule has 1 amide bonds. The Bertz CT molecular complexity index is 1190. The minimum absolute atomic E-state index is 0.00395. The van der Waals surface area contributed by atoms with Crippen LogP contribution in [0, 0.1) is 10.1 Å². The number of hydrogen-bond acceptors (Lipinski definition) is 9. The summed E-state index contributed by atoms with van der Waals surface area (Å²) in [7, 11) is 0. The van der Waals surface area contributed by atoms with Crippen LogP contribution in [0.2, 0.25) is 0 Å². The van der Waals surface area contributed by atoms with Crippen LogP contribution >= 0.6 is 0 Å². The van der Waals surface area contributed by atoms with E-state index in [0.29, 0.717) is 11.5 Å². The van der Waals surface area contributed by atoms with Crippen LogP contribution in [-0.4, -0.2) is 29.8 Å². The topological polar surface area (TPSA) is 142 Å². The zero-order chi connectivity index (χ0) is 21.8. The average Bonchev–Trinajstić information content (AvgIpc) is 3.46. The Kier molecular flexibility index (Phi) is 5.30. The third-order valence-electron chi connectivity index (χ3n) is 4.13. The summed E-state index contributed by atoms with van der Waals surface area (Å²) in [5, 5.41) is 14.9. The van der Waals surface area contributed by atoms with Crippen LogP contribution in [0.15, 0.2) is 64.3 Å². The number of amides is 1. The number of carbonyl (C=O) groups is 2. The van der Waals surface area contributed by atoms with Crippen molar-refractivity contribution in [3.05, 3.63) is 81.8 Å². The number of nitro groups is 1. The summed E-state index contributed by atoms with van der Waals surface area (Å²) in [5.74, 6) is -0.394. The molecule has 1 aliphatic heterocycles. The first-order valence-corrected chi connectivity index (χ1v) is 8.78. The van der Waals surface area contributed by atoms with Gasteiger partial charge in [0.1, 0.15) is 5.75 Å². The lowest BCUT2D eigenvalue weighted by atomic mass is 10.2. The van der Waals surface area contributed by atoms with Gasteiger partial charge in [0.05, 0.1) is 23.0 Å². The maximum absolute atomic E-state index is 12.5. The van der Waals surface area contributed by atoms with E-state index in [-0.39, 0.29) is 35.1 Å². The molecule has 11 nitrogen and oxygen atoms in total. The van der Waals surface area contributed by atoms with Crippen LogP contribution in [0.3, 0.4) is 0 Å². The first-order valence-electron chi connectivity index (χ1n) is 8.78. The molecule has 0 atom stereocenters. The fraction of sp³-hybridized carbons (Fsp3) is 0.0500. The molecule has 31 heavy (non-hydrogen) atoms. The first-order chi connectivity index (χ1) is 15.0. The zero-order valence-electron chi connectivity index (χ0n) is 15.6. The third-order valence-corrected chi connectivity index (χ3v) is 4.13. The van der Waals surface area contributed by atoms with E-state index in [1.165, 1.54) is 42.7 Å². The van der Waals surface area contributed by atoms with Gasteiger partial charge in [0.15, 0.2) is 17.3 Å². The first kappa shape index (κ1) is 19.6. The van der Waals surface area contributed by atoms with Gasteiger partial charge in [-0.1, -0.05) is 0 Å². The molecule has 0 aliphatic carbocycles. The molecule has 1 N–H and O–H groups in total. The smallest absolute Gasteiger partial charge is 0.343 e. The van der Waals surface area contributed by atoms with Gasteiger partial charge in [0, 0.05) is 17.7 Å². The maximum atomic E-state index is 12.5. The zero-order valence-corrected chi connectivity index (χ0v) is 15.6. The number of benzene rings is 2. The number of nitrogens with one attached hydrogen (secondary N) is 1. The highest BCUT2D eigenvalue weighted by Gasteiger charge is 2.19. The number of carbonyl (C=O) groups excluding carboxylic acids is 2. The van der Waals surface area contributed by atoms with E-state index in [1.54, 1.807) is 6.07 Å². The molecule has 1 aromatic heterocycles. The number of rotatable bonds is 6. The SMILES string of the molecule is O=C(Oc1ccc([N+](=O)[O-])cc1C=NNC(=O)c1ccco1)c1ccc2c(c1)OCO2. The fourth-order valence-corrected chi connectivity index (χ4v) is 2.65. The van der Waals surface area contributed by atoms with Crippen molar-refractivity contribution in [2.75, 3.05) is 6.79 Å². The average molecular weight is 423 g/mol. The van der Waals surface area contributed by atoms with Gasteiger partial charge in [-0.05, 0) is 36.4 Å². The Labute approximate surface area is 174 Å². The third kappa shape index (κ3) is 4.34. The molecule has 0 saturated carbocycles. The lowest BCUT2D eigenvalue weighted by molar-refractivity contribution is -0.384. The Morgan fingerprint density at radius 3 is 2.74 bits per heavy atom. The summed E-state index contributed by atoms with van der Waals surface area (Å²) in [6.45, 7) is 0.0561. The second-order valence-electron chi connectivity index (χ2n) is 6.11. The molecule has 2 heterocycles. The van der Waals surface area contributed by atoms with Crippen molar-refractivity contribution >= 4 is 23.8 Å². The van der Waals surface area contributed by atoms with Gasteiger partial charge in [-0.25, -0.2) is 10.2 Å². The number of hydrazone groups is 1. The molecule has 0 radical (unpaired) electrons. The van der Waals surface area contributed by atoms with Gasteiger partial charge in [-0.15, -0.1) is 0 Å². The fourth-order valence-electron chi connectivity index (χ4n) is 2.65. The number of ether oxygens (including phenoxy) is 3. The quantitative estimate of drug-likeness (QED) is 0.210. The number of hydrogen-bond donors (Lipinski definition) is 1.